The number of nitrogens with zero attached hydrogens (tertiary/aromatic N) is 2. The molecule has 0 bridgehead atoms. The molecule has 0 saturated carbocycles. The molecule has 0 amide bonds. The molecule has 8 aromatic rings. The summed E-state index contributed by atoms with van der Waals surface area (Å²) < 4.78 is 2.13. The zero-order chi connectivity index (χ0) is 27.5. The van der Waals surface area contributed by atoms with Crippen molar-refractivity contribution in [3.8, 4) is 27.9 Å². The second-order valence-electron chi connectivity index (χ2n) is 10.8. The minimum absolute atomic E-state index is 1.03. The van der Waals surface area contributed by atoms with Crippen LogP contribution in [0.2, 0.25) is 0 Å². The fraction of sp³-hybridized carbons (Fsp3) is 0.0513. The van der Waals surface area contributed by atoms with Gasteiger partial charge in [-0.15, -0.1) is 0 Å². The van der Waals surface area contributed by atoms with Gasteiger partial charge in [0, 0.05) is 22.2 Å². The van der Waals surface area contributed by atoms with Crippen molar-refractivity contribution in [3.05, 3.63) is 145 Å². The van der Waals surface area contributed by atoms with Crippen LogP contribution in [-0.2, 0) is 0 Å². The number of aryl methyl sites for hydroxylation is 1. The van der Waals surface area contributed by atoms with E-state index in [1.54, 1.807) is 0 Å². The standard InChI is InChI=1S/C39H28N2/c1-25-37(26(2)41(40-25)36-24-12-16-28-14-4-6-18-30(28)36)39-34-21-9-7-19-32(34)38(33-20-8-10-22-35(33)39)31-23-11-15-27-13-3-5-17-29(27)31/h3-24H,1-2H3. The summed E-state index contributed by atoms with van der Waals surface area (Å²) in [4.78, 5) is 0. The summed E-state index contributed by atoms with van der Waals surface area (Å²) >= 11 is 0. The van der Waals surface area contributed by atoms with Gasteiger partial charge in [0.1, 0.15) is 0 Å². The molecular weight excluding hydrogens is 496 g/mol. The lowest BCUT2D eigenvalue weighted by atomic mass is 9.84. The van der Waals surface area contributed by atoms with Crippen molar-refractivity contribution >= 4 is 43.1 Å². The Bertz CT molecular complexity index is 2220. The van der Waals surface area contributed by atoms with Crippen molar-refractivity contribution in [3.63, 3.8) is 0 Å². The number of rotatable bonds is 3. The molecular formula is C39H28N2. The van der Waals surface area contributed by atoms with E-state index >= 15 is 0 Å². The molecule has 0 aliphatic rings. The Morgan fingerprint density at radius 2 is 0.878 bits per heavy atom. The highest BCUT2D eigenvalue weighted by Gasteiger charge is 2.23. The second kappa shape index (κ2) is 9.18. The van der Waals surface area contributed by atoms with E-state index in [4.69, 9.17) is 5.10 Å². The number of hydrogen-bond donors (Lipinski definition) is 0. The highest BCUT2D eigenvalue weighted by Crippen LogP contribution is 2.46. The van der Waals surface area contributed by atoms with E-state index in [0.717, 1.165) is 17.1 Å². The number of hydrogen-bond acceptors (Lipinski definition) is 1. The maximum absolute atomic E-state index is 5.16. The first-order valence-electron chi connectivity index (χ1n) is 14.2. The van der Waals surface area contributed by atoms with Crippen molar-refractivity contribution in [1.29, 1.82) is 0 Å². The molecule has 0 N–H and O–H groups in total. The van der Waals surface area contributed by atoms with E-state index in [-0.39, 0.29) is 0 Å². The second-order valence-corrected chi connectivity index (χ2v) is 10.8. The summed E-state index contributed by atoms with van der Waals surface area (Å²) in [5, 5.41) is 15.1. The molecule has 0 aliphatic heterocycles. The van der Waals surface area contributed by atoms with Crippen LogP contribution in [0.5, 0.6) is 0 Å². The summed E-state index contributed by atoms with van der Waals surface area (Å²) in [5.41, 5.74) is 8.29. The van der Waals surface area contributed by atoms with E-state index in [9.17, 15) is 0 Å². The van der Waals surface area contributed by atoms with E-state index < -0.39 is 0 Å². The van der Waals surface area contributed by atoms with Crippen LogP contribution in [0, 0.1) is 13.8 Å². The highest BCUT2D eigenvalue weighted by atomic mass is 15.3. The lowest BCUT2D eigenvalue weighted by Crippen LogP contribution is -2.00. The number of fused-ring (bicyclic) bond motifs is 4. The molecule has 0 radical (unpaired) electrons. The molecule has 0 spiro atoms. The Kier molecular flexibility index (Phi) is 5.30. The van der Waals surface area contributed by atoms with Crippen LogP contribution < -0.4 is 0 Å². The summed E-state index contributed by atoms with van der Waals surface area (Å²) in [6.07, 6.45) is 0. The van der Waals surface area contributed by atoms with Gasteiger partial charge in [-0.2, -0.15) is 5.10 Å². The van der Waals surface area contributed by atoms with E-state index in [0.29, 0.717) is 0 Å². The monoisotopic (exact) mass is 524 g/mol. The number of benzene rings is 7. The molecule has 0 saturated heterocycles. The molecule has 0 atom stereocenters. The van der Waals surface area contributed by atoms with Crippen LogP contribution in [0.4, 0.5) is 0 Å². The molecule has 7 aromatic carbocycles. The Morgan fingerprint density at radius 3 is 1.51 bits per heavy atom. The third-order valence-corrected chi connectivity index (χ3v) is 8.53. The maximum atomic E-state index is 5.16. The Hall–Kier alpha value is -5.21. The largest absolute Gasteiger partial charge is 0.237 e. The first-order chi connectivity index (χ1) is 20.2. The van der Waals surface area contributed by atoms with Crippen molar-refractivity contribution < 1.29 is 0 Å². The van der Waals surface area contributed by atoms with Crippen LogP contribution in [0.15, 0.2) is 133 Å². The van der Waals surface area contributed by atoms with E-state index in [1.807, 2.05) is 0 Å². The normalized spacial score (nSPS) is 11.7. The molecule has 41 heavy (non-hydrogen) atoms. The van der Waals surface area contributed by atoms with E-state index in [1.165, 1.54) is 65.3 Å². The van der Waals surface area contributed by atoms with Crippen LogP contribution in [0.1, 0.15) is 11.4 Å². The van der Waals surface area contributed by atoms with Gasteiger partial charge < -0.3 is 0 Å². The Labute approximate surface area is 239 Å². The summed E-state index contributed by atoms with van der Waals surface area (Å²) in [6, 6.07) is 48.1. The molecule has 1 aromatic heterocycles. The SMILES string of the molecule is Cc1nn(-c2cccc3ccccc23)c(C)c1-c1c2ccccc2c(-c2cccc3ccccc23)c2ccccc12. The summed E-state index contributed by atoms with van der Waals surface area (Å²) in [7, 11) is 0. The summed E-state index contributed by atoms with van der Waals surface area (Å²) in [6.45, 7) is 4.35. The van der Waals surface area contributed by atoms with Crippen LogP contribution >= 0.6 is 0 Å². The molecule has 194 valence electrons. The molecule has 0 unspecified atom stereocenters. The first kappa shape index (κ1) is 23.7. The molecule has 0 aliphatic carbocycles. The van der Waals surface area contributed by atoms with Crippen molar-refractivity contribution in [2.75, 3.05) is 0 Å². The van der Waals surface area contributed by atoms with Gasteiger partial charge in [0.25, 0.3) is 0 Å². The molecule has 2 nitrogen and oxygen atoms in total. The first-order valence-corrected chi connectivity index (χ1v) is 14.2. The van der Waals surface area contributed by atoms with Gasteiger partial charge in [-0.25, -0.2) is 4.68 Å². The van der Waals surface area contributed by atoms with Gasteiger partial charge in [0.05, 0.1) is 11.4 Å². The fourth-order valence-electron chi connectivity index (χ4n) is 6.76. The van der Waals surface area contributed by atoms with E-state index in [2.05, 4.69) is 152 Å². The Morgan fingerprint density at radius 1 is 0.415 bits per heavy atom. The third-order valence-electron chi connectivity index (χ3n) is 8.53. The average molecular weight is 525 g/mol. The van der Waals surface area contributed by atoms with Gasteiger partial charge in [-0.1, -0.05) is 127 Å². The highest BCUT2D eigenvalue weighted by molar-refractivity contribution is 6.23. The Balaban J connectivity index is 1.48. The van der Waals surface area contributed by atoms with Crippen LogP contribution in [0.3, 0.4) is 0 Å². The molecule has 0 fully saturated rings. The van der Waals surface area contributed by atoms with Crippen molar-refractivity contribution in [2.24, 2.45) is 0 Å². The topological polar surface area (TPSA) is 17.8 Å². The van der Waals surface area contributed by atoms with Crippen molar-refractivity contribution in [2.45, 2.75) is 13.8 Å². The number of aromatic nitrogens is 2. The van der Waals surface area contributed by atoms with Gasteiger partial charge in [-0.05, 0) is 68.7 Å². The minimum atomic E-state index is 1.03. The zero-order valence-corrected chi connectivity index (χ0v) is 23.1. The molecule has 1 heterocycles. The van der Waals surface area contributed by atoms with Gasteiger partial charge in [0.15, 0.2) is 0 Å². The molecule has 8 rings (SSSR count). The fourth-order valence-corrected chi connectivity index (χ4v) is 6.76. The van der Waals surface area contributed by atoms with Gasteiger partial charge in [0.2, 0.25) is 0 Å². The molecule has 2 heteroatoms. The lowest BCUT2D eigenvalue weighted by Gasteiger charge is -2.19. The average Bonchev–Trinajstić information content (AvgIpc) is 3.32. The lowest BCUT2D eigenvalue weighted by molar-refractivity contribution is 0.840. The van der Waals surface area contributed by atoms with Crippen LogP contribution in [0.25, 0.3) is 71.0 Å². The predicted molar refractivity (Wildman–Crippen MR) is 174 cm³/mol. The predicted octanol–water partition coefficient (Wildman–Crippen LogP) is 10.4. The van der Waals surface area contributed by atoms with Gasteiger partial charge in [-0.3, -0.25) is 0 Å². The minimum Gasteiger partial charge on any atom is -0.237 e. The van der Waals surface area contributed by atoms with Crippen LogP contribution in [-0.4, -0.2) is 9.78 Å². The zero-order valence-electron chi connectivity index (χ0n) is 23.1. The quantitative estimate of drug-likeness (QED) is 0.210. The maximum Gasteiger partial charge on any atom is 0.0727 e. The van der Waals surface area contributed by atoms with Gasteiger partial charge >= 0.3 is 0 Å². The third kappa shape index (κ3) is 3.54. The smallest absolute Gasteiger partial charge is 0.0727 e. The van der Waals surface area contributed by atoms with Crippen molar-refractivity contribution in [1.82, 2.24) is 9.78 Å². The summed E-state index contributed by atoms with van der Waals surface area (Å²) in [5.74, 6) is 0.